The van der Waals surface area contributed by atoms with Gasteiger partial charge >= 0.3 is 0 Å². The first-order valence-electron chi connectivity index (χ1n) is 7.18. The van der Waals surface area contributed by atoms with Gasteiger partial charge in [-0.15, -0.1) is 0 Å². The van der Waals surface area contributed by atoms with Gasteiger partial charge in [0, 0.05) is 23.9 Å². The third kappa shape index (κ3) is 3.95. The van der Waals surface area contributed by atoms with Crippen LogP contribution in [0.4, 0.5) is 0 Å². The number of nitrogens with zero attached hydrogens (tertiary/aromatic N) is 1. The monoisotopic (exact) mass is 286 g/mol. The Kier molecular flexibility index (Phi) is 5.17. The first kappa shape index (κ1) is 15.3. The SMILES string of the molecule is CNC(C)c1cc(C)ccc1OCCn1ccccc1=O. The lowest BCUT2D eigenvalue weighted by Crippen LogP contribution is -2.21. The molecule has 0 aliphatic carbocycles. The van der Waals surface area contributed by atoms with Gasteiger partial charge in [0.25, 0.3) is 5.56 Å². The molecule has 2 rings (SSSR count). The van der Waals surface area contributed by atoms with Crippen LogP contribution in [0.3, 0.4) is 0 Å². The summed E-state index contributed by atoms with van der Waals surface area (Å²) < 4.78 is 7.52. The molecule has 21 heavy (non-hydrogen) atoms. The first-order valence-corrected chi connectivity index (χ1v) is 7.18. The molecular weight excluding hydrogens is 264 g/mol. The molecule has 112 valence electrons. The highest BCUT2D eigenvalue weighted by atomic mass is 16.5. The number of hydrogen-bond acceptors (Lipinski definition) is 3. The van der Waals surface area contributed by atoms with Crippen molar-refractivity contribution in [3.8, 4) is 5.75 Å². The normalized spacial score (nSPS) is 12.1. The second-order valence-electron chi connectivity index (χ2n) is 5.13. The van der Waals surface area contributed by atoms with Crippen LogP contribution in [-0.4, -0.2) is 18.2 Å². The van der Waals surface area contributed by atoms with Crippen molar-refractivity contribution >= 4 is 0 Å². The lowest BCUT2D eigenvalue weighted by molar-refractivity contribution is 0.291. The Labute approximate surface area is 125 Å². The molecule has 0 radical (unpaired) electrons. The lowest BCUT2D eigenvalue weighted by atomic mass is 10.0. The first-order chi connectivity index (χ1) is 10.1. The number of aryl methyl sites for hydroxylation is 1. The predicted octanol–water partition coefficient (Wildman–Crippen LogP) is 2.52. The molecule has 1 atom stereocenters. The van der Waals surface area contributed by atoms with Crippen LogP contribution in [0, 0.1) is 6.92 Å². The topological polar surface area (TPSA) is 43.3 Å². The van der Waals surface area contributed by atoms with Crippen LogP contribution >= 0.6 is 0 Å². The van der Waals surface area contributed by atoms with E-state index in [0.29, 0.717) is 13.2 Å². The minimum atomic E-state index is -0.00572. The zero-order valence-corrected chi connectivity index (χ0v) is 12.8. The second-order valence-corrected chi connectivity index (χ2v) is 5.13. The summed E-state index contributed by atoms with van der Waals surface area (Å²) in [4.78, 5) is 11.6. The molecule has 4 heteroatoms. The lowest BCUT2D eigenvalue weighted by Gasteiger charge is -2.17. The molecule has 0 spiro atoms. The van der Waals surface area contributed by atoms with Crippen molar-refractivity contribution < 1.29 is 4.74 Å². The van der Waals surface area contributed by atoms with Crippen LogP contribution in [0.5, 0.6) is 5.75 Å². The third-order valence-corrected chi connectivity index (χ3v) is 3.55. The Hall–Kier alpha value is -2.07. The fraction of sp³-hybridized carbons (Fsp3) is 0.353. The van der Waals surface area contributed by atoms with Gasteiger partial charge in [0.2, 0.25) is 0 Å². The highest BCUT2D eigenvalue weighted by Crippen LogP contribution is 2.26. The van der Waals surface area contributed by atoms with Crippen molar-refractivity contribution in [2.24, 2.45) is 0 Å². The maximum absolute atomic E-state index is 11.6. The van der Waals surface area contributed by atoms with Gasteiger partial charge in [-0.25, -0.2) is 0 Å². The van der Waals surface area contributed by atoms with Crippen LogP contribution in [0.2, 0.25) is 0 Å². The summed E-state index contributed by atoms with van der Waals surface area (Å²) in [5.74, 6) is 0.867. The predicted molar refractivity (Wildman–Crippen MR) is 84.9 cm³/mol. The van der Waals surface area contributed by atoms with Crippen LogP contribution in [0.25, 0.3) is 0 Å². The van der Waals surface area contributed by atoms with Crippen molar-refractivity contribution in [3.05, 3.63) is 64.1 Å². The van der Waals surface area contributed by atoms with E-state index in [1.54, 1.807) is 22.9 Å². The molecule has 0 fully saturated rings. The number of benzene rings is 1. The molecule has 0 aliphatic heterocycles. The van der Waals surface area contributed by atoms with E-state index in [-0.39, 0.29) is 11.6 Å². The van der Waals surface area contributed by atoms with Crippen molar-refractivity contribution in [1.82, 2.24) is 9.88 Å². The van der Waals surface area contributed by atoms with Gasteiger partial charge in [-0.1, -0.05) is 23.8 Å². The smallest absolute Gasteiger partial charge is 0.250 e. The number of ether oxygens (including phenoxy) is 1. The molecule has 2 aromatic rings. The molecule has 1 aromatic carbocycles. The van der Waals surface area contributed by atoms with Gasteiger partial charge in [0.05, 0.1) is 6.54 Å². The molecule has 0 aliphatic rings. The molecule has 1 aromatic heterocycles. The van der Waals surface area contributed by atoms with Crippen molar-refractivity contribution in [2.45, 2.75) is 26.4 Å². The number of nitrogens with one attached hydrogen (secondary N) is 1. The quantitative estimate of drug-likeness (QED) is 0.887. The molecule has 0 amide bonds. The van der Waals surface area contributed by atoms with E-state index >= 15 is 0 Å². The Morgan fingerprint density at radius 1 is 1.29 bits per heavy atom. The molecule has 4 nitrogen and oxygen atoms in total. The van der Waals surface area contributed by atoms with E-state index < -0.39 is 0 Å². The van der Waals surface area contributed by atoms with E-state index in [2.05, 4.69) is 25.2 Å². The van der Waals surface area contributed by atoms with Gasteiger partial charge < -0.3 is 14.6 Å². The largest absolute Gasteiger partial charge is 0.491 e. The molecule has 0 saturated carbocycles. The van der Waals surface area contributed by atoms with Gasteiger partial charge in [-0.05, 0) is 33.0 Å². The van der Waals surface area contributed by atoms with Crippen molar-refractivity contribution in [1.29, 1.82) is 0 Å². The zero-order chi connectivity index (χ0) is 15.2. The standard InChI is InChI=1S/C17H22N2O2/c1-13-7-8-16(15(12-13)14(2)18-3)21-11-10-19-9-5-4-6-17(19)20/h4-9,12,14,18H,10-11H2,1-3H3. The third-order valence-electron chi connectivity index (χ3n) is 3.55. The Bertz CT molecular complexity index is 649. The summed E-state index contributed by atoms with van der Waals surface area (Å²) in [5, 5.41) is 3.23. The van der Waals surface area contributed by atoms with Gasteiger partial charge in [-0.3, -0.25) is 4.79 Å². The molecular formula is C17H22N2O2. The molecule has 1 N–H and O–H groups in total. The maximum Gasteiger partial charge on any atom is 0.250 e. The summed E-state index contributed by atoms with van der Waals surface area (Å²) >= 11 is 0. The fourth-order valence-electron chi connectivity index (χ4n) is 2.19. The van der Waals surface area contributed by atoms with E-state index in [1.165, 1.54) is 5.56 Å². The summed E-state index contributed by atoms with van der Waals surface area (Å²) in [5.41, 5.74) is 2.34. The minimum Gasteiger partial charge on any atom is -0.491 e. The van der Waals surface area contributed by atoms with Crippen LogP contribution in [0.1, 0.15) is 24.1 Å². The average Bonchev–Trinajstić information content (AvgIpc) is 2.49. The number of aromatic nitrogens is 1. The highest BCUT2D eigenvalue weighted by Gasteiger charge is 2.10. The summed E-state index contributed by atoms with van der Waals surface area (Å²) in [6, 6.07) is 11.5. The van der Waals surface area contributed by atoms with E-state index in [0.717, 1.165) is 11.3 Å². The highest BCUT2D eigenvalue weighted by molar-refractivity contribution is 5.38. The minimum absolute atomic E-state index is 0.00572. The van der Waals surface area contributed by atoms with Crippen molar-refractivity contribution in [3.63, 3.8) is 0 Å². The van der Waals surface area contributed by atoms with Gasteiger partial charge in [0.15, 0.2) is 0 Å². The maximum atomic E-state index is 11.6. The second kappa shape index (κ2) is 7.09. The van der Waals surface area contributed by atoms with Crippen molar-refractivity contribution in [2.75, 3.05) is 13.7 Å². The molecule has 0 bridgehead atoms. The number of rotatable bonds is 6. The summed E-state index contributed by atoms with van der Waals surface area (Å²) in [6.07, 6.45) is 1.78. The Morgan fingerprint density at radius 3 is 2.81 bits per heavy atom. The molecule has 1 unspecified atom stereocenters. The fourth-order valence-corrected chi connectivity index (χ4v) is 2.19. The van der Waals surface area contributed by atoms with Crippen LogP contribution in [-0.2, 0) is 6.54 Å². The summed E-state index contributed by atoms with van der Waals surface area (Å²) in [6.45, 7) is 5.18. The van der Waals surface area contributed by atoms with E-state index in [1.807, 2.05) is 25.2 Å². The Balaban J connectivity index is 2.06. The number of hydrogen-bond donors (Lipinski definition) is 1. The molecule has 0 saturated heterocycles. The van der Waals surface area contributed by atoms with Crippen LogP contribution < -0.4 is 15.6 Å². The van der Waals surface area contributed by atoms with Gasteiger partial charge in [0.1, 0.15) is 12.4 Å². The summed E-state index contributed by atoms with van der Waals surface area (Å²) in [7, 11) is 1.93. The molecule has 1 heterocycles. The zero-order valence-electron chi connectivity index (χ0n) is 12.8. The van der Waals surface area contributed by atoms with E-state index in [9.17, 15) is 4.79 Å². The average molecular weight is 286 g/mol. The Morgan fingerprint density at radius 2 is 2.10 bits per heavy atom. The van der Waals surface area contributed by atoms with E-state index in [4.69, 9.17) is 4.74 Å². The van der Waals surface area contributed by atoms with Gasteiger partial charge in [-0.2, -0.15) is 0 Å². The number of pyridine rings is 1. The van der Waals surface area contributed by atoms with Crippen LogP contribution in [0.15, 0.2) is 47.4 Å².